The lowest BCUT2D eigenvalue weighted by molar-refractivity contribution is -0.111. The first kappa shape index (κ1) is 23.5. The molecule has 0 radical (unpaired) electrons. The summed E-state index contributed by atoms with van der Waals surface area (Å²) in [6, 6.07) is 19.0. The van der Waals surface area contributed by atoms with Crippen LogP contribution in [0.25, 0.3) is 40.0 Å². The van der Waals surface area contributed by atoms with E-state index in [1.54, 1.807) is 72.8 Å². The normalized spacial score (nSPS) is 11.4. The summed E-state index contributed by atoms with van der Waals surface area (Å²) >= 11 is 24.6. The van der Waals surface area contributed by atoms with Crippen molar-refractivity contribution in [3.8, 4) is 22.8 Å². The number of carbonyl (C=O) groups is 1. The van der Waals surface area contributed by atoms with E-state index in [1.807, 2.05) is 0 Å². The molecule has 1 N–H and O–H groups in total. The van der Waals surface area contributed by atoms with Gasteiger partial charge in [0.15, 0.2) is 5.58 Å². The van der Waals surface area contributed by atoms with Crippen LogP contribution in [0, 0.1) is 0 Å². The molecule has 2 aromatic heterocycles. The van der Waals surface area contributed by atoms with Crippen LogP contribution >= 0.6 is 46.4 Å². The van der Waals surface area contributed by atoms with E-state index in [0.29, 0.717) is 65.4 Å². The molecule has 9 heteroatoms. The second kappa shape index (κ2) is 9.80. The fourth-order valence-electron chi connectivity index (χ4n) is 3.40. The molecule has 0 unspecified atom stereocenters. The zero-order chi connectivity index (χ0) is 24.5. The third kappa shape index (κ3) is 5.09. The molecule has 0 saturated carbocycles. The van der Waals surface area contributed by atoms with Crippen molar-refractivity contribution in [1.82, 2.24) is 4.98 Å². The summed E-state index contributed by atoms with van der Waals surface area (Å²) < 4.78 is 11.6. The molecule has 0 aliphatic rings. The molecule has 174 valence electrons. The fraction of sp³-hybridized carbons (Fsp3) is 0. The highest BCUT2D eigenvalue weighted by molar-refractivity contribution is 6.43. The van der Waals surface area contributed by atoms with Gasteiger partial charge in [0.25, 0.3) is 0 Å². The van der Waals surface area contributed by atoms with E-state index < -0.39 is 0 Å². The maximum Gasteiger partial charge on any atom is 0.248 e. The highest BCUT2D eigenvalue weighted by Gasteiger charge is 2.14. The van der Waals surface area contributed by atoms with Crippen LogP contribution in [0.15, 0.2) is 81.6 Å². The Kier molecular flexibility index (Phi) is 6.58. The molecule has 0 fully saturated rings. The predicted octanol–water partition coefficient (Wildman–Crippen LogP) is 9.02. The Balaban J connectivity index is 1.30. The summed E-state index contributed by atoms with van der Waals surface area (Å²) in [5.41, 5.74) is 2.91. The number of rotatable bonds is 5. The van der Waals surface area contributed by atoms with Crippen molar-refractivity contribution in [2.45, 2.75) is 0 Å². The molecule has 2 heterocycles. The topological polar surface area (TPSA) is 68.3 Å². The van der Waals surface area contributed by atoms with E-state index in [0.717, 1.165) is 0 Å². The number of amides is 1. The van der Waals surface area contributed by atoms with Gasteiger partial charge < -0.3 is 14.2 Å². The van der Waals surface area contributed by atoms with Crippen LogP contribution in [0.4, 0.5) is 5.69 Å². The van der Waals surface area contributed by atoms with E-state index >= 15 is 0 Å². The maximum absolute atomic E-state index is 12.5. The number of nitrogens with one attached hydrogen (secondary N) is 1. The molecule has 0 saturated heterocycles. The minimum atomic E-state index is -0.343. The van der Waals surface area contributed by atoms with E-state index in [2.05, 4.69) is 10.3 Å². The SMILES string of the molecule is O=C(C=Cc1ccc(-c2cccc(Cl)c2Cl)o1)Nc1ccc2oc(-c3cc(Cl)ccc3Cl)nc2c1. The van der Waals surface area contributed by atoms with Gasteiger partial charge in [-0.15, -0.1) is 0 Å². The van der Waals surface area contributed by atoms with Crippen molar-refractivity contribution in [1.29, 1.82) is 0 Å². The van der Waals surface area contributed by atoms with Crippen molar-refractivity contribution in [2.75, 3.05) is 5.32 Å². The molecule has 0 aliphatic heterocycles. The van der Waals surface area contributed by atoms with E-state index in [1.165, 1.54) is 6.08 Å². The number of carbonyl (C=O) groups excluding carboxylic acids is 1. The summed E-state index contributed by atoms with van der Waals surface area (Å²) in [7, 11) is 0. The number of benzene rings is 3. The van der Waals surface area contributed by atoms with Gasteiger partial charge in [-0.1, -0.05) is 52.5 Å². The fourth-order valence-corrected chi connectivity index (χ4v) is 4.17. The lowest BCUT2D eigenvalue weighted by Crippen LogP contribution is -2.07. The van der Waals surface area contributed by atoms with Crippen molar-refractivity contribution >= 4 is 75.2 Å². The van der Waals surface area contributed by atoms with Gasteiger partial charge in [0.05, 0.1) is 20.6 Å². The van der Waals surface area contributed by atoms with Crippen LogP contribution in [-0.4, -0.2) is 10.9 Å². The van der Waals surface area contributed by atoms with Crippen LogP contribution in [0.1, 0.15) is 5.76 Å². The van der Waals surface area contributed by atoms with E-state index in [4.69, 9.17) is 55.2 Å². The van der Waals surface area contributed by atoms with Gasteiger partial charge in [-0.3, -0.25) is 4.79 Å². The van der Waals surface area contributed by atoms with Gasteiger partial charge in [0.2, 0.25) is 11.8 Å². The van der Waals surface area contributed by atoms with Crippen molar-refractivity contribution < 1.29 is 13.6 Å². The molecule has 0 bridgehead atoms. The number of fused-ring (bicyclic) bond motifs is 1. The Bertz CT molecular complexity index is 1600. The molecule has 3 aromatic carbocycles. The number of nitrogens with zero attached hydrogens (tertiary/aromatic N) is 1. The van der Waals surface area contributed by atoms with Crippen LogP contribution in [0.5, 0.6) is 0 Å². The molecule has 35 heavy (non-hydrogen) atoms. The molecular formula is C26H14Cl4N2O3. The summed E-state index contributed by atoms with van der Waals surface area (Å²) in [4.78, 5) is 16.9. The largest absolute Gasteiger partial charge is 0.457 e. The Hall–Kier alpha value is -3.22. The number of hydrogen-bond acceptors (Lipinski definition) is 4. The molecule has 1 amide bonds. The molecule has 0 aliphatic carbocycles. The second-order valence-corrected chi connectivity index (χ2v) is 9.08. The highest BCUT2D eigenvalue weighted by atomic mass is 35.5. The third-order valence-corrected chi connectivity index (χ3v) is 6.44. The first-order valence-corrected chi connectivity index (χ1v) is 11.8. The Morgan fingerprint density at radius 3 is 2.57 bits per heavy atom. The molecular weight excluding hydrogens is 530 g/mol. The first-order valence-electron chi connectivity index (χ1n) is 10.3. The number of hydrogen-bond donors (Lipinski definition) is 1. The zero-order valence-corrected chi connectivity index (χ0v) is 20.7. The average molecular weight is 544 g/mol. The van der Waals surface area contributed by atoms with E-state index in [-0.39, 0.29) is 5.91 Å². The Morgan fingerprint density at radius 2 is 1.71 bits per heavy atom. The summed E-state index contributed by atoms with van der Waals surface area (Å²) in [5.74, 6) is 1.03. The predicted molar refractivity (Wildman–Crippen MR) is 141 cm³/mol. The Labute approximate surface area is 219 Å². The summed E-state index contributed by atoms with van der Waals surface area (Å²) in [6.45, 7) is 0. The number of anilines is 1. The first-order chi connectivity index (χ1) is 16.9. The lowest BCUT2D eigenvalue weighted by atomic mass is 10.2. The number of oxazole rings is 1. The number of aromatic nitrogens is 1. The summed E-state index contributed by atoms with van der Waals surface area (Å²) in [5, 5.41) is 4.62. The third-order valence-electron chi connectivity index (χ3n) is 5.06. The minimum Gasteiger partial charge on any atom is -0.457 e. The smallest absolute Gasteiger partial charge is 0.248 e. The molecule has 5 aromatic rings. The van der Waals surface area contributed by atoms with Gasteiger partial charge in [-0.25, -0.2) is 4.98 Å². The van der Waals surface area contributed by atoms with Gasteiger partial charge in [0, 0.05) is 22.3 Å². The van der Waals surface area contributed by atoms with Crippen LogP contribution in [-0.2, 0) is 4.79 Å². The van der Waals surface area contributed by atoms with Crippen LogP contribution < -0.4 is 5.32 Å². The minimum absolute atomic E-state index is 0.337. The van der Waals surface area contributed by atoms with Crippen molar-refractivity contribution in [3.63, 3.8) is 0 Å². The van der Waals surface area contributed by atoms with E-state index in [9.17, 15) is 4.79 Å². The van der Waals surface area contributed by atoms with Gasteiger partial charge in [0.1, 0.15) is 17.0 Å². The highest BCUT2D eigenvalue weighted by Crippen LogP contribution is 2.35. The van der Waals surface area contributed by atoms with Gasteiger partial charge in [-0.05, 0) is 66.7 Å². The van der Waals surface area contributed by atoms with Gasteiger partial charge >= 0.3 is 0 Å². The second-order valence-electron chi connectivity index (χ2n) is 7.45. The molecule has 0 spiro atoms. The van der Waals surface area contributed by atoms with Crippen LogP contribution in [0.3, 0.4) is 0 Å². The number of furan rings is 1. The average Bonchev–Trinajstić information content (AvgIpc) is 3.48. The van der Waals surface area contributed by atoms with Crippen LogP contribution in [0.2, 0.25) is 20.1 Å². The monoisotopic (exact) mass is 542 g/mol. The molecule has 5 nitrogen and oxygen atoms in total. The quantitative estimate of drug-likeness (QED) is 0.224. The molecule has 5 rings (SSSR count). The number of halogens is 4. The van der Waals surface area contributed by atoms with Crippen molar-refractivity contribution in [2.24, 2.45) is 0 Å². The standard InChI is InChI=1S/C26H14Cl4N2O3/c27-14-4-8-19(28)18(12-14)26-32-21-13-15(5-9-23(21)35-26)31-24(33)11-7-16-6-10-22(34-16)17-2-1-3-20(29)25(17)30/h1-13H,(H,31,33). The summed E-state index contributed by atoms with van der Waals surface area (Å²) in [6.07, 6.45) is 2.93. The van der Waals surface area contributed by atoms with Crippen molar-refractivity contribution in [3.05, 3.63) is 98.7 Å². The lowest BCUT2D eigenvalue weighted by Gasteiger charge is -2.02. The Morgan fingerprint density at radius 1 is 0.857 bits per heavy atom. The maximum atomic E-state index is 12.5. The molecule has 0 atom stereocenters. The van der Waals surface area contributed by atoms with Gasteiger partial charge in [-0.2, -0.15) is 0 Å². The zero-order valence-electron chi connectivity index (χ0n) is 17.7.